The zero-order valence-electron chi connectivity index (χ0n) is 5.41. The summed E-state index contributed by atoms with van der Waals surface area (Å²) in [4.78, 5) is 9.84. The number of ether oxygens (including phenoxy) is 2. The van der Waals surface area contributed by atoms with E-state index in [0.29, 0.717) is 26.2 Å². The average molecular weight is 168 g/mol. The van der Waals surface area contributed by atoms with Crippen LogP contribution < -0.4 is 5.73 Å². The molecule has 10 heavy (non-hydrogen) atoms. The summed E-state index contributed by atoms with van der Waals surface area (Å²) in [7, 11) is 0. The van der Waals surface area contributed by atoms with Crippen LogP contribution in [-0.4, -0.2) is 31.8 Å². The molecular formula is C5H10ClNO3. The van der Waals surface area contributed by atoms with E-state index in [4.69, 9.17) is 10.5 Å². The highest BCUT2D eigenvalue weighted by Gasteiger charge is 2.39. The van der Waals surface area contributed by atoms with Crippen molar-refractivity contribution in [2.24, 2.45) is 5.73 Å². The van der Waals surface area contributed by atoms with Crippen LogP contribution in [0.25, 0.3) is 0 Å². The summed E-state index contributed by atoms with van der Waals surface area (Å²) < 4.78 is 9.50. The Morgan fingerprint density at radius 3 is 2.40 bits per heavy atom. The second kappa shape index (κ2) is 3.75. The van der Waals surface area contributed by atoms with Gasteiger partial charge in [-0.15, -0.1) is 12.4 Å². The van der Waals surface area contributed by atoms with Gasteiger partial charge in [0, 0.05) is 6.54 Å². The summed E-state index contributed by atoms with van der Waals surface area (Å²) in [6.45, 7) is 1.62. The maximum atomic E-state index is 9.84. The average Bonchev–Trinajstić information content (AvgIpc) is 1.79. The minimum absolute atomic E-state index is 0. The molecule has 1 aliphatic heterocycles. The van der Waals surface area contributed by atoms with Gasteiger partial charge in [-0.1, -0.05) is 0 Å². The number of halogens is 1. The first kappa shape index (κ1) is 9.68. The Morgan fingerprint density at radius 2 is 2.30 bits per heavy atom. The van der Waals surface area contributed by atoms with Gasteiger partial charge >= 0.3 is 0 Å². The molecule has 4 nitrogen and oxygen atoms in total. The second-order valence-electron chi connectivity index (χ2n) is 2.09. The largest absolute Gasteiger partial charge is 0.455 e. The van der Waals surface area contributed by atoms with Gasteiger partial charge in [0.2, 0.25) is 0 Å². The minimum atomic E-state index is -0.498. The smallest absolute Gasteiger partial charge is 0.293 e. The molecule has 0 bridgehead atoms. The van der Waals surface area contributed by atoms with E-state index in [-0.39, 0.29) is 12.4 Å². The molecule has 1 fully saturated rings. The molecule has 1 heterocycles. The van der Waals surface area contributed by atoms with Crippen molar-refractivity contribution in [1.29, 1.82) is 0 Å². The lowest BCUT2D eigenvalue weighted by atomic mass is 10.0. The maximum Gasteiger partial charge on any atom is 0.293 e. The Kier molecular flexibility index (Phi) is 3.63. The highest BCUT2D eigenvalue weighted by Crippen LogP contribution is 2.18. The normalized spacial score (nSPS) is 20.1. The summed E-state index contributed by atoms with van der Waals surface area (Å²) in [5, 5.41) is 0. The molecule has 0 saturated carbocycles. The maximum absolute atomic E-state index is 9.84. The highest BCUT2D eigenvalue weighted by atomic mass is 35.5. The fraction of sp³-hybridized carbons (Fsp3) is 0.800. The number of hydrogen-bond donors (Lipinski definition) is 1. The van der Waals surface area contributed by atoms with Gasteiger partial charge in [0.05, 0.1) is 13.2 Å². The standard InChI is InChI=1S/C5H9NO3.ClH/c6-1-5(9-4-7)2-8-3-5;/h4H,1-3,6H2;1H. The third-order valence-electron chi connectivity index (χ3n) is 1.40. The molecule has 1 aliphatic rings. The van der Waals surface area contributed by atoms with Crippen molar-refractivity contribution in [3.63, 3.8) is 0 Å². The Bertz CT molecular complexity index is 110. The van der Waals surface area contributed by atoms with Crippen LogP contribution in [0, 0.1) is 0 Å². The van der Waals surface area contributed by atoms with Crippen LogP contribution in [0.5, 0.6) is 0 Å². The lowest BCUT2D eigenvalue weighted by Gasteiger charge is -2.37. The summed E-state index contributed by atoms with van der Waals surface area (Å²) in [6, 6.07) is 0. The predicted octanol–water partition coefficient (Wildman–Crippen LogP) is -0.691. The van der Waals surface area contributed by atoms with Gasteiger partial charge in [-0.05, 0) is 0 Å². The van der Waals surface area contributed by atoms with Crippen LogP contribution in [0.15, 0.2) is 0 Å². The van der Waals surface area contributed by atoms with Crippen LogP contribution in [0.1, 0.15) is 0 Å². The van der Waals surface area contributed by atoms with Crippen LogP contribution in [-0.2, 0) is 14.3 Å². The van der Waals surface area contributed by atoms with Gasteiger partial charge in [0.15, 0.2) is 5.60 Å². The zero-order chi connectivity index (χ0) is 6.74. The molecule has 2 N–H and O–H groups in total. The molecule has 0 aromatic carbocycles. The Balaban J connectivity index is 0.000000810. The first-order valence-electron chi connectivity index (χ1n) is 2.72. The Hall–Kier alpha value is -0.320. The van der Waals surface area contributed by atoms with Gasteiger partial charge in [-0.2, -0.15) is 0 Å². The lowest BCUT2D eigenvalue weighted by molar-refractivity contribution is -0.197. The van der Waals surface area contributed by atoms with Crippen molar-refractivity contribution in [3.8, 4) is 0 Å². The fourth-order valence-electron chi connectivity index (χ4n) is 0.666. The second-order valence-corrected chi connectivity index (χ2v) is 2.09. The third-order valence-corrected chi connectivity index (χ3v) is 1.40. The van der Waals surface area contributed by atoms with Crippen molar-refractivity contribution in [2.75, 3.05) is 19.8 Å². The van der Waals surface area contributed by atoms with Gasteiger partial charge in [-0.3, -0.25) is 4.79 Å². The van der Waals surface area contributed by atoms with Gasteiger partial charge in [-0.25, -0.2) is 0 Å². The van der Waals surface area contributed by atoms with E-state index in [9.17, 15) is 4.79 Å². The number of nitrogens with two attached hydrogens (primary N) is 1. The molecule has 0 unspecified atom stereocenters. The number of carbonyl (C=O) groups excluding carboxylic acids is 1. The summed E-state index contributed by atoms with van der Waals surface area (Å²) >= 11 is 0. The molecule has 1 rings (SSSR count). The molecular weight excluding hydrogens is 158 g/mol. The van der Waals surface area contributed by atoms with E-state index in [0.717, 1.165) is 0 Å². The molecule has 0 radical (unpaired) electrons. The highest BCUT2D eigenvalue weighted by molar-refractivity contribution is 5.85. The van der Waals surface area contributed by atoms with E-state index in [1.807, 2.05) is 0 Å². The summed E-state index contributed by atoms with van der Waals surface area (Å²) in [5.74, 6) is 0. The van der Waals surface area contributed by atoms with Crippen molar-refractivity contribution < 1.29 is 14.3 Å². The summed E-state index contributed by atoms with van der Waals surface area (Å²) in [6.07, 6.45) is 0. The van der Waals surface area contributed by atoms with Crippen molar-refractivity contribution in [2.45, 2.75) is 5.60 Å². The van der Waals surface area contributed by atoms with Crippen molar-refractivity contribution in [3.05, 3.63) is 0 Å². The SMILES string of the molecule is Cl.NCC1(OC=O)COC1. The fourth-order valence-corrected chi connectivity index (χ4v) is 0.666. The summed E-state index contributed by atoms with van der Waals surface area (Å²) in [5.41, 5.74) is 4.79. The molecule has 60 valence electrons. The molecule has 0 aromatic rings. The number of hydrogen-bond acceptors (Lipinski definition) is 4. The van der Waals surface area contributed by atoms with Crippen LogP contribution >= 0.6 is 12.4 Å². The van der Waals surface area contributed by atoms with E-state index in [1.165, 1.54) is 0 Å². The van der Waals surface area contributed by atoms with Crippen molar-refractivity contribution >= 4 is 18.9 Å². The van der Waals surface area contributed by atoms with Gasteiger partial charge < -0.3 is 15.2 Å². The molecule has 0 spiro atoms. The van der Waals surface area contributed by atoms with Crippen LogP contribution in [0.2, 0.25) is 0 Å². The monoisotopic (exact) mass is 167 g/mol. The number of carbonyl (C=O) groups is 1. The van der Waals surface area contributed by atoms with Crippen LogP contribution in [0.4, 0.5) is 0 Å². The van der Waals surface area contributed by atoms with Crippen molar-refractivity contribution in [1.82, 2.24) is 0 Å². The van der Waals surface area contributed by atoms with E-state index >= 15 is 0 Å². The predicted molar refractivity (Wildman–Crippen MR) is 37.0 cm³/mol. The molecule has 1 saturated heterocycles. The molecule has 0 amide bonds. The van der Waals surface area contributed by atoms with Gasteiger partial charge in [0.1, 0.15) is 0 Å². The molecule has 0 aromatic heterocycles. The molecule has 5 heteroatoms. The van der Waals surface area contributed by atoms with E-state index < -0.39 is 5.60 Å². The van der Waals surface area contributed by atoms with Crippen LogP contribution in [0.3, 0.4) is 0 Å². The molecule has 0 atom stereocenters. The van der Waals surface area contributed by atoms with E-state index in [1.54, 1.807) is 0 Å². The Morgan fingerprint density at radius 1 is 1.70 bits per heavy atom. The first-order valence-corrected chi connectivity index (χ1v) is 2.72. The minimum Gasteiger partial charge on any atom is -0.455 e. The Labute approximate surface area is 65.1 Å². The topological polar surface area (TPSA) is 61.5 Å². The molecule has 0 aliphatic carbocycles. The first-order chi connectivity index (χ1) is 4.33. The van der Waals surface area contributed by atoms with Gasteiger partial charge in [0.25, 0.3) is 6.47 Å². The third kappa shape index (κ3) is 1.59. The lowest BCUT2D eigenvalue weighted by Crippen LogP contribution is -2.56. The quantitative estimate of drug-likeness (QED) is 0.566. The van der Waals surface area contributed by atoms with E-state index in [2.05, 4.69) is 4.74 Å². The number of rotatable bonds is 3. The zero-order valence-corrected chi connectivity index (χ0v) is 6.23.